The van der Waals surface area contributed by atoms with Gasteiger partial charge in [0.2, 0.25) is 28.1 Å². The highest BCUT2D eigenvalue weighted by atomic mass is 32.2. The molecule has 2 aromatic rings. The van der Waals surface area contributed by atoms with E-state index in [-0.39, 0.29) is 12.4 Å². The average Bonchev–Trinajstić information content (AvgIpc) is 2.82. The standard InChI is InChI=1S/C9H7F2N3O4S/c10-8-5(17-3-7-13-4-18-14-7)1-2-6(9(8)11)19(12,15)16/h1-2,4H,3H2,(H2,12,15,16). The minimum Gasteiger partial charge on any atom is -0.482 e. The molecule has 1 aromatic heterocycles. The molecule has 10 heteroatoms. The van der Waals surface area contributed by atoms with Gasteiger partial charge in [-0.25, -0.2) is 17.9 Å². The summed E-state index contributed by atoms with van der Waals surface area (Å²) in [5.74, 6) is -3.44. The molecule has 0 aliphatic rings. The lowest BCUT2D eigenvalue weighted by molar-refractivity contribution is 0.267. The number of hydrogen-bond donors (Lipinski definition) is 1. The van der Waals surface area contributed by atoms with Crippen LogP contribution in [0.4, 0.5) is 8.78 Å². The molecule has 1 aromatic carbocycles. The van der Waals surface area contributed by atoms with Crippen LogP contribution in [0.25, 0.3) is 0 Å². The molecule has 0 saturated carbocycles. The first-order valence-electron chi connectivity index (χ1n) is 4.78. The van der Waals surface area contributed by atoms with Gasteiger partial charge in [0.1, 0.15) is 4.90 Å². The van der Waals surface area contributed by atoms with Gasteiger partial charge in [-0.05, 0) is 12.1 Å². The second kappa shape index (κ2) is 4.90. The van der Waals surface area contributed by atoms with E-state index in [0.29, 0.717) is 0 Å². The number of sulfonamides is 1. The molecule has 0 aliphatic heterocycles. The first-order valence-corrected chi connectivity index (χ1v) is 6.33. The van der Waals surface area contributed by atoms with Crippen LogP contribution in [0.1, 0.15) is 5.82 Å². The van der Waals surface area contributed by atoms with Gasteiger partial charge in [-0.2, -0.15) is 9.37 Å². The number of aromatic nitrogens is 2. The van der Waals surface area contributed by atoms with E-state index in [1.807, 2.05) is 0 Å². The van der Waals surface area contributed by atoms with Gasteiger partial charge in [0.25, 0.3) is 0 Å². The maximum Gasteiger partial charge on any atom is 0.241 e. The Hall–Kier alpha value is -2.07. The van der Waals surface area contributed by atoms with E-state index in [9.17, 15) is 17.2 Å². The van der Waals surface area contributed by atoms with Crippen molar-refractivity contribution in [3.8, 4) is 5.75 Å². The highest BCUT2D eigenvalue weighted by Crippen LogP contribution is 2.25. The quantitative estimate of drug-likeness (QED) is 0.882. The largest absolute Gasteiger partial charge is 0.482 e. The van der Waals surface area contributed by atoms with Gasteiger partial charge in [0.05, 0.1) is 0 Å². The van der Waals surface area contributed by atoms with Crippen molar-refractivity contribution in [2.75, 3.05) is 0 Å². The van der Waals surface area contributed by atoms with E-state index >= 15 is 0 Å². The molecule has 0 aliphatic carbocycles. The SMILES string of the molecule is NS(=O)(=O)c1ccc(OCc2ncon2)c(F)c1F. The van der Waals surface area contributed by atoms with Gasteiger partial charge in [-0.3, -0.25) is 0 Å². The van der Waals surface area contributed by atoms with Gasteiger partial charge in [-0.15, -0.1) is 0 Å². The summed E-state index contributed by atoms with van der Waals surface area (Å²) >= 11 is 0. The fraction of sp³-hybridized carbons (Fsp3) is 0.111. The van der Waals surface area contributed by atoms with Crippen molar-refractivity contribution in [1.29, 1.82) is 0 Å². The minimum absolute atomic E-state index is 0.121. The van der Waals surface area contributed by atoms with Crippen LogP contribution in [0.3, 0.4) is 0 Å². The topological polar surface area (TPSA) is 108 Å². The average molecular weight is 291 g/mol. The van der Waals surface area contributed by atoms with Crippen LogP contribution in [-0.4, -0.2) is 18.6 Å². The lowest BCUT2D eigenvalue weighted by Gasteiger charge is -2.07. The summed E-state index contributed by atoms with van der Waals surface area (Å²) in [7, 11) is -4.34. The third kappa shape index (κ3) is 2.85. The van der Waals surface area contributed by atoms with Crippen LogP contribution >= 0.6 is 0 Å². The Morgan fingerprint density at radius 3 is 2.63 bits per heavy atom. The van der Waals surface area contributed by atoms with Crippen molar-refractivity contribution in [2.45, 2.75) is 11.5 Å². The fourth-order valence-electron chi connectivity index (χ4n) is 1.24. The van der Waals surface area contributed by atoms with Crippen molar-refractivity contribution in [3.63, 3.8) is 0 Å². The Morgan fingerprint density at radius 1 is 1.32 bits per heavy atom. The highest BCUT2D eigenvalue weighted by molar-refractivity contribution is 7.89. The second-order valence-electron chi connectivity index (χ2n) is 3.37. The number of nitrogens with zero attached hydrogens (tertiary/aromatic N) is 2. The molecule has 102 valence electrons. The Labute approximate surface area is 106 Å². The Kier molecular flexibility index (Phi) is 3.44. The molecule has 2 N–H and O–H groups in total. The van der Waals surface area contributed by atoms with E-state index in [1.54, 1.807) is 0 Å². The molecule has 19 heavy (non-hydrogen) atoms. The summed E-state index contributed by atoms with van der Waals surface area (Å²) < 4.78 is 58.2. The summed E-state index contributed by atoms with van der Waals surface area (Å²) in [6.45, 7) is -0.262. The summed E-state index contributed by atoms with van der Waals surface area (Å²) in [6, 6.07) is 1.75. The Bertz CT molecular complexity index is 688. The summed E-state index contributed by atoms with van der Waals surface area (Å²) in [5, 5.41) is 8.12. The highest BCUT2D eigenvalue weighted by Gasteiger charge is 2.21. The van der Waals surface area contributed by atoms with Crippen molar-refractivity contribution < 1.29 is 26.5 Å². The zero-order chi connectivity index (χ0) is 14.0. The van der Waals surface area contributed by atoms with Crippen LogP contribution in [-0.2, 0) is 16.6 Å². The number of primary sulfonamides is 1. The molecule has 0 saturated heterocycles. The summed E-state index contributed by atoms with van der Waals surface area (Å²) in [6.07, 6.45) is 1.04. The van der Waals surface area contributed by atoms with Crippen LogP contribution in [0.2, 0.25) is 0 Å². The zero-order valence-electron chi connectivity index (χ0n) is 9.21. The predicted octanol–water partition coefficient (Wildman–Crippen LogP) is 0.574. The molecule has 0 unspecified atom stereocenters. The minimum atomic E-state index is -4.34. The molecular weight excluding hydrogens is 284 g/mol. The molecule has 7 nitrogen and oxygen atoms in total. The molecule has 0 fully saturated rings. The Morgan fingerprint density at radius 2 is 2.05 bits per heavy atom. The number of ether oxygens (including phenoxy) is 1. The van der Waals surface area contributed by atoms with Gasteiger partial charge in [-0.1, -0.05) is 5.16 Å². The monoisotopic (exact) mass is 291 g/mol. The molecular formula is C9H7F2N3O4S. The van der Waals surface area contributed by atoms with Gasteiger partial charge in [0.15, 0.2) is 18.2 Å². The van der Waals surface area contributed by atoms with Gasteiger partial charge in [0, 0.05) is 0 Å². The third-order valence-corrected chi connectivity index (χ3v) is 3.01. The van der Waals surface area contributed by atoms with Crippen molar-refractivity contribution in [1.82, 2.24) is 10.1 Å². The number of benzene rings is 1. The Balaban J connectivity index is 2.26. The molecule has 2 rings (SSSR count). The fourth-order valence-corrected chi connectivity index (χ4v) is 1.84. The summed E-state index contributed by atoms with van der Waals surface area (Å²) in [5.41, 5.74) is 0. The second-order valence-corrected chi connectivity index (χ2v) is 4.90. The third-order valence-electron chi connectivity index (χ3n) is 2.08. The van der Waals surface area contributed by atoms with Crippen LogP contribution < -0.4 is 9.88 Å². The number of rotatable bonds is 4. The predicted molar refractivity (Wildman–Crippen MR) is 56.4 cm³/mol. The van der Waals surface area contributed by atoms with E-state index in [1.165, 1.54) is 0 Å². The molecule has 0 amide bonds. The van der Waals surface area contributed by atoms with Crippen molar-refractivity contribution >= 4 is 10.0 Å². The normalized spacial score (nSPS) is 11.5. The lowest BCUT2D eigenvalue weighted by atomic mass is 10.3. The smallest absolute Gasteiger partial charge is 0.241 e. The number of nitrogens with two attached hydrogens (primary N) is 1. The lowest BCUT2D eigenvalue weighted by Crippen LogP contribution is -2.15. The van der Waals surface area contributed by atoms with Crippen molar-refractivity contribution in [3.05, 3.63) is 36.0 Å². The van der Waals surface area contributed by atoms with Crippen LogP contribution in [0.15, 0.2) is 27.9 Å². The maximum atomic E-state index is 13.5. The molecule has 0 radical (unpaired) electrons. The maximum absolute atomic E-state index is 13.5. The molecule has 0 bridgehead atoms. The van der Waals surface area contributed by atoms with Gasteiger partial charge < -0.3 is 9.26 Å². The molecule has 1 heterocycles. The number of halogens is 2. The first-order chi connectivity index (χ1) is 8.89. The van der Waals surface area contributed by atoms with E-state index in [0.717, 1.165) is 18.5 Å². The van der Waals surface area contributed by atoms with Gasteiger partial charge >= 0.3 is 0 Å². The van der Waals surface area contributed by atoms with E-state index < -0.39 is 32.3 Å². The zero-order valence-corrected chi connectivity index (χ0v) is 10.0. The van der Waals surface area contributed by atoms with Crippen LogP contribution in [0.5, 0.6) is 5.75 Å². The molecule has 0 spiro atoms. The van der Waals surface area contributed by atoms with Crippen LogP contribution in [0, 0.1) is 11.6 Å². The first kappa shape index (κ1) is 13.4. The van der Waals surface area contributed by atoms with Crippen molar-refractivity contribution in [2.24, 2.45) is 5.14 Å². The van der Waals surface area contributed by atoms with E-state index in [4.69, 9.17) is 9.88 Å². The number of hydrogen-bond acceptors (Lipinski definition) is 6. The van der Waals surface area contributed by atoms with E-state index in [2.05, 4.69) is 14.7 Å². The molecule has 0 atom stereocenters. The summed E-state index contributed by atoms with van der Waals surface area (Å²) in [4.78, 5) is 2.66.